The Bertz CT molecular complexity index is 580. The SMILES string of the molecule is CC(C)(C)CC(C)(C)Sc1cccc2c1C(=N)N=C2N. The third kappa shape index (κ3) is 3.23. The van der Waals surface area contributed by atoms with E-state index in [2.05, 4.69) is 45.7 Å². The molecule has 0 radical (unpaired) electrons. The van der Waals surface area contributed by atoms with Gasteiger partial charge in [-0.15, -0.1) is 11.8 Å². The molecule has 0 spiro atoms. The van der Waals surface area contributed by atoms with Gasteiger partial charge in [-0.2, -0.15) is 0 Å². The van der Waals surface area contributed by atoms with E-state index in [0.29, 0.717) is 5.84 Å². The summed E-state index contributed by atoms with van der Waals surface area (Å²) in [5.41, 5.74) is 7.93. The van der Waals surface area contributed by atoms with Gasteiger partial charge in [-0.25, -0.2) is 4.99 Å². The first-order valence-electron chi connectivity index (χ1n) is 6.85. The molecule has 1 heterocycles. The molecule has 4 heteroatoms. The van der Waals surface area contributed by atoms with Crippen LogP contribution in [0.25, 0.3) is 0 Å². The van der Waals surface area contributed by atoms with Crippen LogP contribution in [0.2, 0.25) is 0 Å². The highest BCUT2D eigenvalue weighted by Gasteiger charge is 2.30. The van der Waals surface area contributed by atoms with E-state index in [1.54, 1.807) is 0 Å². The summed E-state index contributed by atoms with van der Waals surface area (Å²) in [5, 5.41) is 8.01. The van der Waals surface area contributed by atoms with Crippen LogP contribution in [-0.2, 0) is 0 Å². The summed E-state index contributed by atoms with van der Waals surface area (Å²) in [4.78, 5) is 5.19. The second-order valence-electron chi connectivity index (χ2n) is 7.12. The van der Waals surface area contributed by atoms with Crippen LogP contribution < -0.4 is 5.73 Å². The summed E-state index contributed by atoms with van der Waals surface area (Å²) >= 11 is 1.81. The topological polar surface area (TPSA) is 62.2 Å². The van der Waals surface area contributed by atoms with Gasteiger partial charge < -0.3 is 5.73 Å². The third-order valence-electron chi connectivity index (χ3n) is 3.11. The Kier molecular flexibility index (Phi) is 3.71. The van der Waals surface area contributed by atoms with E-state index < -0.39 is 0 Å². The summed E-state index contributed by atoms with van der Waals surface area (Å²) in [5.74, 6) is 0.744. The molecule has 20 heavy (non-hydrogen) atoms. The number of fused-ring (bicyclic) bond motifs is 1. The number of rotatable bonds is 3. The summed E-state index contributed by atoms with van der Waals surface area (Å²) in [6.45, 7) is 11.3. The second-order valence-corrected chi connectivity index (χ2v) is 8.87. The number of hydrogen-bond donors (Lipinski definition) is 2. The summed E-state index contributed by atoms with van der Waals surface area (Å²) < 4.78 is 0.102. The van der Waals surface area contributed by atoms with Gasteiger partial charge in [0.15, 0.2) is 5.84 Å². The number of amidine groups is 2. The Hall–Kier alpha value is -1.29. The van der Waals surface area contributed by atoms with Crippen LogP contribution in [0.15, 0.2) is 28.1 Å². The highest BCUT2D eigenvalue weighted by Crippen LogP contribution is 2.43. The van der Waals surface area contributed by atoms with Crippen molar-refractivity contribution in [2.75, 3.05) is 0 Å². The normalized spacial score (nSPS) is 15.2. The van der Waals surface area contributed by atoms with Crippen molar-refractivity contribution in [3.8, 4) is 0 Å². The largest absolute Gasteiger partial charge is 0.383 e. The van der Waals surface area contributed by atoms with E-state index in [0.717, 1.165) is 22.4 Å². The maximum atomic E-state index is 8.01. The van der Waals surface area contributed by atoms with E-state index in [1.807, 2.05) is 23.9 Å². The molecule has 3 nitrogen and oxygen atoms in total. The highest BCUT2D eigenvalue weighted by molar-refractivity contribution is 8.00. The first-order chi connectivity index (χ1) is 9.09. The monoisotopic (exact) mass is 289 g/mol. The molecule has 0 bridgehead atoms. The van der Waals surface area contributed by atoms with Gasteiger partial charge in [-0.05, 0) is 17.9 Å². The zero-order valence-corrected chi connectivity index (χ0v) is 13.7. The molecular weight excluding hydrogens is 266 g/mol. The number of hydrogen-bond acceptors (Lipinski definition) is 3. The average Bonchev–Trinajstić information content (AvgIpc) is 2.51. The zero-order valence-electron chi connectivity index (χ0n) is 12.9. The van der Waals surface area contributed by atoms with Crippen LogP contribution in [0.1, 0.15) is 52.2 Å². The molecule has 1 aromatic carbocycles. The summed E-state index contributed by atoms with van der Waals surface area (Å²) in [6.07, 6.45) is 1.10. The predicted molar refractivity (Wildman–Crippen MR) is 88.0 cm³/mol. The number of nitrogens with two attached hydrogens (primary N) is 1. The van der Waals surface area contributed by atoms with Gasteiger partial charge >= 0.3 is 0 Å². The molecule has 1 aliphatic heterocycles. The standard InChI is InChI=1S/C16H23N3S/c1-15(2,3)9-16(4,5)20-11-8-6-7-10-12(11)14(18)19-13(10)17/h6-8H,9H2,1-5H3,(H3,17,18,19). The number of nitrogens with zero attached hydrogens (tertiary/aromatic N) is 1. The molecule has 1 aromatic rings. The number of nitrogens with one attached hydrogen (secondary N) is 1. The van der Waals surface area contributed by atoms with Gasteiger partial charge in [0, 0.05) is 20.8 Å². The summed E-state index contributed by atoms with van der Waals surface area (Å²) in [7, 11) is 0. The van der Waals surface area contributed by atoms with Crippen molar-refractivity contribution in [1.29, 1.82) is 5.41 Å². The Balaban J connectivity index is 2.31. The predicted octanol–water partition coefficient (Wildman–Crippen LogP) is 4.04. The minimum atomic E-state index is 0.102. The van der Waals surface area contributed by atoms with E-state index in [9.17, 15) is 0 Å². The Morgan fingerprint density at radius 2 is 1.85 bits per heavy atom. The lowest BCUT2D eigenvalue weighted by molar-refractivity contribution is 0.339. The van der Waals surface area contributed by atoms with Crippen molar-refractivity contribution in [2.45, 2.75) is 50.7 Å². The van der Waals surface area contributed by atoms with Gasteiger partial charge in [0.05, 0.1) is 0 Å². The van der Waals surface area contributed by atoms with Crippen LogP contribution in [-0.4, -0.2) is 16.4 Å². The Labute approximate surface area is 125 Å². The molecule has 2 rings (SSSR count). The van der Waals surface area contributed by atoms with Gasteiger partial charge in [0.25, 0.3) is 0 Å². The van der Waals surface area contributed by atoms with Gasteiger partial charge in [0.1, 0.15) is 5.84 Å². The van der Waals surface area contributed by atoms with Crippen molar-refractivity contribution in [3.05, 3.63) is 29.3 Å². The second kappa shape index (κ2) is 4.92. The molecule has 0 atom stereocenters. The van der Waals surface area contributed by atoms with Crippen LogP contribution in [0.4, 0.5) is 0 Å². The molecule has 1 aliphatic rings. The molecule has 0 aromatic heterocycles. The van der Waals surface area contributed by atoms with Crippen LogP contribution in [0.3, 0.4) is 0 Å². The van der Waals surface area contributed by atoms with Gasteiger partial charge in [-0.1, -0.05) is 46.8 Å². The average molecular weight is 289 g/mol. The molecule has 0 unspecified atom stereocenters. The van der Waals surface area contributed by atoms with E-state index in [4.69, 9.17) is 11.1 Å². The fourth-order valence-corrected chi connectivity index (χ4v) is 4.48. The van der Waals surface area contributed by atoms with E-state index in [1.165, 1.54) is 0 Å². The molecule has 3 N–H and O–H groups in total. The zero-order chi connectivity index (χ0) is 15.1. The lowest BCUT2D eigenvalue weighted by Crippen LogP contribution is -2.23. The van der Waals surface area contributed by atoms with Gasteiger partial charge in [-0.3, -0.25) is 5.41 Å². The number of benzene rings is 1. The third-order valence-corrected chi connectivity index (χ3v) is 4.37. The smallest absolute Gasteiger partial charge is 0.156 e. The molecular formula is C16H23N3S. The highest BCUT2D eigenvalue weighted by atomic mass is 32.2. The van der Waals surface area contributed by atoms with Crippen LogP contribution in [0.5, 0.6) is 0 Å². The first kappa shape index (κ1) is 15.1. The molecule has 0 amide bonds. The molecule has 0 fully saturated rings. The fourth-order valence-electron chi connectivity index (χ4n) is 2.92. The minimum absolute atomic E-state index is 0.102. The molecule has 0 saturated heterocycles. The van der Waals surface area contributed by atoms with Crippen molar-refractivity contribution in [3.63, 3.8) is 0 Å². The molecule has 0 saturated carbocycles. The van der Waals surface area contributed by atoms with Gasteiger partial charge in [0.2, 0.25) is 0 Å². The van der Waals surface area contributed by atoms with E-state index >= 15 is 0 Å². The lowest BCUT2D eigenvalue weighted by atomic mass is 9.86. The maximum Gasteiger partial charge on any atom is 0.156 e. The van der Waals surface area contributed by atoms with Crippen LogP contribution >= 0.6 is 11.8 Å². The molecule has 108 valence electrons. The van der Waals surface area contributed by atoms with E-state index in [-0.39, 0.29) is 16.0 Å². The summed E-state index contributed by atoms with van der Waals surface area (Å²) in [6, 6.07) is 6.00. The maximum absolute atomic E-state index is 8.01. The number of thioether (sulfide) groups is 1. The lowest BCUT2D eigenvalue weighted by Gasteiger charge is -2.32. The Morgan fingerprint density at radius 1 is 1.20 bits per heavy atom. The quantitative estimate of drug-likeness (QED) is 0.825. The van der Waals surface area contributed by atoms with Crippen molar-refractivity contribution in [1.82, 2.24) is 0 Å². The van der Waals surface area contributed by atoms with Crippen molar-refractivity contribution >= 4 is 23.4 Å². The molecule has 0 aliphatic carbocycles. The number of aliphatic imine (C=N–C) groups is 1. The fraction of sp³-hybridized carbons (Fsp3) is 0.500. The van der Waals surface area contributed by atoms with Crippen LogP contribution in [0, 0.1) is 10.8 Å². The first-order valence-corrected chi connectivity index (χ1v) is 7.66. The Morgan fingerprint density at radius 3 is 2.45 bits per heavy atom. The van der Waals surface area contributed by atoms with Crippen molar-refractivity contribution < 1.29 is 0 Å². The minimum Gasteiger partial charge on any atom is -0.383 e. The van der Waals surface area contributed by atoms with Crippen molar-refractivity contribution in [2.24, 2.45) is 16.1 Å².